The SMILES string of the molecule is CCNC(c1ccc(C(C)CC)cc1)c1ccco1. The predicted molar refractivity (Wildman–Crippen MR) is 79.4 cm³/mol. The highest BCUT2D eigenvalue weighted by Crippen LogP contribution is 2.25. The molecule has 0 aliphatic carbocycles. The van der Waals surface area contributed by atoms with Crippen LogP contribution in [-0.2, 0) is 0 Å². The third kappa shape index (κ3) is 3.27. The van der Waals surface area contributed by atoms with Gasteiger partial charge in [0.25, 0.3) is 0 Å². The molecule has 0 saturated carbocycles. The van der Waals surface area contributed by atoms with Gasteiger partial charge in [-0.3, -0.25) is 0 Å². The predicted octanol–water partition coefficient (Wildman–Crippen LogP) is 4.49. The molecule has 1 aromatic heterocycles. The fourth-order valence-corrected chi connectivity index (χ4v) is 2.30. The average molecular weight is 257 g/mol. The molecule has 2 heteroatoms. The molecule has 0 radical (unpaired) electrons. The van der Waals surface area contributed by atoms with Gasteiger partial charge in [0.2, 0.25) is 0 Å². The Labute approximate surface area is 115 Å². The lowest BCUT2D eigenvalue weighted by Gasteiger charge is -2.17. The molecule has 2 aromatic rings. The molecule has 0 aliphatic heterocycles. The second kappa shape index (κ2) is 6.58. The van der Waals surface area contributed by atoms with E-state index in [0.717, 1.165) is 12.3 Å². The molecule has 0 aliphatic rings. The zero-order valence-electron chi connectivity index (χ0n) is 12.0. The number of furan rings is 1. The zero-order valence-corrected chi connectivity index (χ0v) is 12.0. The van der Waals surface area contributed by atoms with E-state index in [1.54, 1.807) is 6.26 Å². The van der Waals surface area contributed by atoms with Gasteiger partial charge in [0.05, 0.1) is 12.3 Å². The van der Waals surface area contributed by atoms with Crippen LogP contribution < -0.4 is 5.32 Å². The van der Waals surface area contributed by atoms with E-state index < -0.39 is 0 Å². The van der Waals surface area contributed by atoms with E-state index >= 15 is 0 Å². The zero-order chi connectivity index (χ0) is 13.7. The lowest BCUT2D eigenvalue weighted by molar-refractivity contribution is 0.452. The first-order valence-electron chi connectivity index (χ1n) is 7.12. The van der Waals surface area contributed by atoms with Crippen molar-refractivity contribution in [2.75, 3.05) is 6.54 Å². The molecule has 0 fully saturated rings. The molecule has 102 valence electrons. The Morgan fingerprint density at radius 2 is 1.74 bits per heavy atom. The first-order valence-corrected chi connectivity index (χ1v) is 7.12. The number of benzene rings is 1. The smallest absolute Gasteiger partial charge is 0.125 e. The topological polar surface area (TPSA) is 25.2 Å². The molecular weight excluding hydrogens is 234 g/mol. The van der Waals surface area contributed by atoms with Crippen molar-refractivity contribution in [1.82, 2.24) is 5.32 Å². The summed E-state index contributed by atoms with van der Waals surface area (Å²) in [6.45, 7) is 7.52. The summed E-state index contributed by atoms with van der Waals surface area (Å²) in [5.74, 6) is 1.59. The van der Waals surface area contributed by atoms with Crippen molar-refractivity contribution < 1.29 is 4.42 Å². The lowest BCUT2D eigenvalue weighted by atomic mass is 9.95. The van der Waals surface area contributed by atoms with E-state index in [9.17, 15) is 0 Å². The Hall–Kier alpha value is -1.54. The van der Waals surface area contributed by atoms with Crippen molar-refractivity contribution in [3.8, 4) is 0 Å². The van der Waals surface area contributed by atoms with E-state index in [-0.39, 0.29) is 6.04 Å². The maximum absolute atomic E-state index is 5.54. The number of rotatable bonds is 6. The highest BCUT2D eigenvalue weighted by Gasteiger charge is 2.15. The summed E-state index contributed by atoms with van der Waals surface area (Å²) in [5, 5.41) is 3.47. The molecule has 0 spiro atoms. The van der Waals surface area contributed by atoms with Crippen LogP contribution in [0.2, 0.25) is 0 Å². The number of hydrogen-bond acceptors (Lipinski definition) is 2. The maximum atomic E-state index is 5.54. The second-order valence-electron chi connectivity index (χ2n) is 4.98. The minimum atomic E-state index is 0.144. The molecule has 0 bridgehead atoms. The van der Waals surface area contributed by atoms with E-state index in [0.29, 0.717) is 5.92 Å². The van der Waals surface area contributed by atoms with E-state index in [4.69, 9.17) is 4.42 Å². The molecule has 1 N–H and O–H groups in total. The first kappa shape index (κ1) is 13.9. The largest absolute Gasteiger partial charge is 0.467 e. The molecule has 2 unspecified atom stereocenters. The van der Waals surface area contributed by atoms with Gasteiger partial charge >= 0.3 is 0 Å². The lowest BCUT2D eigenvalue weighted by Crippen LogP contribution is -2.21. The van der Waals surface area contributed by atoms with Crippen LogP contribution in [-0.4, -0.2) is 6.54 Å². The van der Waals surface area contributed by atoms with Gasteiger partial charge in [0, 0.05) is 0 Å². The highest BCUT2D eigenvalue weighted by molar-refractivity contribution is 5.31. The molecule has 1 heterocycles. The van der Waals surface area contributed by atoms with E-state index in [2.05, 4.69) is 50.4 Å². The Morgan fingerprint density at radius 3 is 2.26 bits per heavy atom. The minimum Gasteiger partial charge on any atom is -0.467 e. The number of hydrogen-bond donors (Lipinski definition) is 1. The summed E-state index contributed by atoms with van der Waals surface area (Å²) >= 11 is 0. The van der Waals surface area contributed by atoms with E-state index in [1.165, 1.54) is 17.5 Å². The monoisotopic (exact) mass is 257 g/mol. The van der Waals surface area contributed by atoms with Gasteiger partial charge < -0.3 is 9.73 Å². The minimum absolute atomic E-state index is 0.144. The van der Waals surface area contributed by atoms with Crippen molar-refractivity contribution in [2.24, 2.45) is 0 Å². The summed E-state index contributed by atoms with van der Waals surface area (Å²) < 4.78 is 5.54. The van der Waals surface area contributed by atoms with Crippen LogP contribution in [0.25, 0.3) is 0 Å². The maximum Gasteiger partial charge on any atom is 0.125 e. The van der Waals surface area contributed by atoms with Gasteiger partial charge in [-0.05, 0) is 42.1 Å². The Balaban J connectivity index is 2.23. The Morgan fingerprint density at radius 1 is 1.05 bits per heavy atom. The molecule has 1 aromatic carbocycles. The summed E-state index contributed by atoms with van der Waals surface area (Å²) in [7, 11) is 0. The van der Waals surface area contributed by atoms with Crippen LogP contribution in [0.1, 0.15) is 56.0 Å². The third-order valence-corrected chi connectivity index (χ3v) is 3.69. The van der Waals surface area contributed by atoms with Crippen LogP contribution >= 0.6 is 0 Å². The fourth-order valence-electron chi connectivity index (χ4n) is 2.30. The molecule has 2 nitrogen and oxygen atoms in total. The Kier molecular flexibility index (Phi) is 4.80. The van der Waals surface area contributed by atoms with Gasteiger partial charge in [0.1, 0.15) is 5.76 Å². The van der Waals surface area contributed by atoms with Crippen molar-refractivity contribution in [3.05, 3.63) is 59.5 Å². The quantitative estimate of drug-likeness (QED) is 0.824. The van der Waals surface area contributed by atoms with Crippen molar-refractivity contribution in [3.63, 3.8) is 0 Å². The van der Waals surface area contributed by atoms with Gasteiger partial charge in [-0.25, -0.2) is 0 Å². The highest BCUT2D eigenvalue weighted by atomic mass is 16.3. The molecule has 2 atom stereocenters. The van der Waals surface area contributed by atoms with Gasteiger partial charge in [-0.2, -0.15) is 0 Å². The molecule has 0 amide bonds. The van der Waals surface area contributed by atoms with Gasteiger partial charge in [-0.15, -0.1) is 0 Å². The first-order chi connectivity index (χ1) is 9.26. The Bertz CT molecular complexity index is 472. The summed E-state index contributed by atoms with van der Waals surface area (Å²) in [6.07, 6.45) is 2.90. The summed E-state index contributed by atoms with van der Waals surface area (Å²) in [6, 6.07) is 13.0. The van der Waals surface area contributed by atoms with Crippen molar-refractivity contribution >= 4 is 0 Å². The molecular formula is C17H23NO. The van der Waals surface area contributed by atoms with Gasteiger partial charge in [-0.1, -0.05) is 45.0 Å². The summed E-state index contributed by atoms with van der Waals surface area (Å²) in [4.78, 5) is 0. The second-order valence-corrected chi connectivity index (χ2v) is 4.98. The van der Waals surface area contributed by atoms with E-state index in [1.807, 2.05) is 12.1 Å². The third-order valence-electron chi connectivity index (χ3n) is 3.69. The van der Waals surface area contributed by atoms with Gasteiger partial charge in [0.15, 0.2) is 0 Å². The average Bonchev–Trinajstić information content (AvgIpc) is 2.98. The van der Waals surface area contributed by atoms with Crippen molar-refractivity contribution in [1.29, 1.82) is 0 Å². The van der Waals surface area contributed by atoms with Crippen LogP contribution in [0.4, 0.5) is 0 Å². The molecule has 19 heavy (non-hydrogen) atoms. The molecule has 0 saturated heterocycles. The number of nitrogens with one attached hydrogen (secondary N) is 1. The summed E-state index contributed by atoms with van der Waals surface area (Å²) in [5.41, 5.74) is 2.66. The molecule has 2 rings (SSSR count). The van der Waals surface area contributed by atoms with Crippen LogP contribution in [0.15, 0.2) is 47.1 Å². The normalized spacial score (nSPS) is 14.3. The van der Waals surface area contributed by atoms with Crippen LogP contribution in [0.5, 0.6) is 0 Å². The van der Waals surface area contributed by atoms with Crippen LogP contribution in [0, 0.1) is 0 Å². The fraction of sp³-hybridized carbons (Fsp3) is 0.412. The van der Waals surface area contributed by atoms with Crippen molar-refractivity contribution in [2.45, 2.75) is 39.2 Å². The van der Waals surface area contributed by atoms with Crippen LogP contribution in [0.3, 0.4) is 0 Å². The standard InChI is InChI=1S/C17H23NO/c1-4-13(3)14-8-10-15(11-9-14)17(18-5-2)16-7-6-12-19-16/h6-13,17-18H,4-5H2,1-3H3.